The normalized spacial score (nSPS) is 11.2. The highest BCUT2D eigenvalue weighted by molar-refractivity contribution is 7.92. The van der Waals surface area contributed by atoms with Crippen molar-refractivity contribution < 1.29 is 8.42 Å². The van der Waals surface area contributed by atoms with Gasteiger partial charge in [-0.25, -0.2) is 13.4 Å². The van der Waals surface area contributed by atoms with E-state index in [0.29, 0.717) is 16.5 Å². The fourth-order valence-corrected chi connectivity index (χ4v) is 2.83. The maximum Gasteiger partial charge on any atom is 0.263 e. The molecule has 0 amide bonds. The third kappa shape index (κ3) is 3.20. The first kappa shape index (κ1) is 14.6. The molecule has 0 atom stereocenters. The van der Waals surface area contributed by atoms with Gasteiger partial charge in [-0.1, -0.05) is 17.7 Å². The predicted octanol–water partition coefficient (Wildman–Crippen LogP) is 2.89. The number of nitrogens with one attached hydrogen (secondary N) is 2. The lowest BCUT2D eigenvalue weighted by atomic mass is 10.2. The number of rotatable bonds is 4. The minimum Gasteiger partial charge on any atom is -0.373 e. The number of pyridine rings is 1. The van der Waals surface area contributed by atoms with Crippen LogP contribution in [-0.4, -0.2) is 20.4 Å². The summed E-state index contributed by atoms with van der Waals surface area (Å²) >= 11 is 5.88. The number of aromatic nitrogens is 1. The number of aryl methyl sites for hydroxylation is 1. The number of hydrogen-bond donors (Lipinski definition) is 2. The largest absolute Gasteiger partial charge is 0.373 e. The van der Waals surface area contributed by atoms with E-state index in [1.165, 1.54) is 12.3 Å². The van der Waals surface area contributed by atoms with Gasteiger partial charge in [0, 0.05) is 18.3 Å². The fraction of sp³-hybridized carbons (Fsp3) is 0.154. The highest BCUT2D eigenvalue weighted by Gasteiger charge is 2.15. The molecular formula is C13H14ClN3O2S. The van der Waals surface area contributed by atoms with Crippen molar-refractivity contribution in [1.29, 1.82) is 0 Å². The van der Waals surface area contributed by atoms with Crippen LogP contribution < -0.4 is 10.0 Å². The lowest BCUT2D eigenvalue weighted by molar-refractivity contribution is 0.601. The molecule has 2 aromatic rings. The topological polar surface area (TPSA) is 71.1 Å². The highest BCUT2D eigenvalue weighted by atomic mass is 35.5. The molecule has 0 bridgehead atoms. The molecule has 0 aliphatic rings. The summed E-state index contributed by atoms with van der Waals surface area (Å²) in [5.41, 5.74) is 1.24. The Bertz CT molecular complexity index is 715. The van der Waals surface area contributed by atoms with Gasteiger partial charge in [0.2, 0.25) is 0 Å². The van der Waals surface area contributed by atoms with Gasteiger partial charge in [-0.2, -0.15) is 0 Å². The summed E-state index contributed by atoms with van der Waals surface area (Å²) in [6.45, 7) is 1.80. The molecule has 0 aliphatic carbocycles. The van der Waals surface area contributed by atoms with Crippen LogP contribution in [0, 0.1) is 6.92 Å². The molecule has 0 saturated carbocycles. The quantitative estimate of drug-likeness (QED) is 0.911. The van der Waals surface area contributed by atoms with E-state index in [1.807, 2.05) is 0 Å². The van der Waals surface area contributed by atoms with E-state index in [9.17, 15) is 8.42 Å². The average Bonchev–Trinajstić information content (AvgIpc) is 2.43. The number of sulfonamides is 1. The summed E-state index contributed by atoms with van der Waals surface area (Å²) in [5.74, 6) is 0.600. The highest BCUT2D eigenvalue weighted by Crippen LogP contribution is 2.23. The van der Waals surface area contributed by atoms with Crippen LogP contribution in [-0.2, 0) is 10.0 Å². The molecule has 106 valence electrons. The van der Waals surface area contributed by atoms with Crippen molar-refractivity contribution in [1.82, 2.24) is 4.98 Å². The van der Waals surface area contributed by atoms with Crippen LogP contribution in [0.2, 0.25) is 5.02 Å². The van der Waals surface area contributed by atoms with Crippen molar-refractivity contribution in [2.45, 2.75) is 11.8 Å². The lowest BCUT2D eigenvalue weighted by Crippen LogP contribution is -2.14. The Morgan fingerprint density at radius 3 is 2.55 bits per heavy atom. The van der Waals surface area contributed by atoms with E-state index in [2.05, 4.69) is 15.0 Å². The standard InChI is InChI=1S/C13H14ClN3O2S/c1-9-3-4-10(14)7-12(9)17-20(18,19)11-5-6-13(15-2)16-8-11/h3-8,17H,1-2H3,(H,15,16). The van der Waals surface area contributed by atoms with Gasteiger partial charge < -0.3 is 5.32 Å². The Hall–Kier alpha value is -1.79. The molecule has 0 saturated heterocycles. The maximum absolute atomic E-state index is 12.3. The Kier molecular flexibility index (Phi) is 4.15. The molecule has 1 aromatic heterocycles. The smallest absolute Gasteiger partial charge is 0.263 e. The van der Waals surface area contributed by atoms with E-state index < -0.39 is 10.0 Å². The van der Waals surface area contributed by atoms with Gasteiger partial charge in [-0.15, -0.1) is 0 Å². The summed E-state index contributed by atoms with van der Waals surface area (Å²) in [7, 11) is -1.96. The number of benzene rings is 1. The third-order valence-electron chi connectivity index (χ3n) is 2.75. The van der Waals surface area contributed by atoms with Crippen molar-refractivity contribution in [3.8, 4) is 0 Å². The zero-order valence-corrected chi connectivity index (χ0v) is 12.6. The van der Waals surface area contributed by atoms with Crippen LogP contribution in [0.15, 0.2) is 41.4 Å². The molecule has 7 heteroatoms. The van der Waals surface area contributed by atoms with Gasteiger partial charge in [0.15, 0.2) is 0 Å². The number of halogens is 1. The fourth-order valence-electron chi connectivity index (χ4n) is 1.60. The summed E-state index contributed by atoms with van der Waals surface area (Å²) in [5, 5.41) is 3.30. The molecule has 2 N–H and O–H groups in total. The van der Waals surface area contributed by atoms with E-state index >= 15 is 0 Å². The minimum atomic E-state index is -3.68. The number of anilines is 2. The SMILES string of the molecule is CNc1ccc(S(=O)(=O)Nc2cc(Cl)ccc2C)cn1. The maximum atomic E-state index is 12.3. The summed E-state index contributed by atoms with van der Waals surface area (Å²) < 4.78 is 27.0. The number of nitrogens with zero attached hydrogens (tertiary/aromatic N) is 1. The molecule has 20 heavy (non-hydrogen) atoms. The molecular weight excluding hydrogens is 298 g/mol. The average molecular weight is 312 g/mol. The van der Waals surface area contributed by atoms with Crippen molar-refractivity contribution in [3.63, 3.8) is 0 Å². The molecule has 1 heterocycles. The zero-order valence-electron chi connectivity index (χ0n) is 11.0. The zero-order chi connectivity index (χ0) is 14.8. The molecule has 2 rings (SSSR count). The molecule has 0 unspecified atom stereocenters. The summed E-state index contributed by atoms with van der Waals surface area (Å²) in [6.07, 6.45) is 1.30. The van der Waals surface area contributed by atoms with Crippen molar-refractivity contribution in [2.24, 2.45) is 0 Å². The van der Waals surface area contributed by atoms with Gasteiger partial charge in [0.1, 0.15) is 10.7 Å². The van der Waals surface area contributed by atoms with Gasteiger partial charge in [-0.05, 0) is 36.8 Å². The van der Waals surface area contributed by atoms with Crippen LogP contribution in [0.5, 0.6) is 0 Å². The first-order chi connectivity index (χ1) is 9.42. The molecule has 5 nitrogen and oxygen atoms in total. The van der Waals surface area contributed by atoms with Crippen molar-refractivity contribution in [2.75, 3.05) is 17.1 Å². The van der Waals surface area contributed by atoms with E-state index in [0.717, 1.165) is 5.56 Å². The Morgan fingerprint density at radius 1 is 1.20 bits per heavy atom. The van der Waals surface area contributed by atoms with E-state index in [1.54, 1.807) is 38.2 Å². The number of hydrogen-bond acceptors (Lipinski definition) is 4. The van der Waals surface area contributed by atoms with E-state index in [4.69, 9.17) is 11.6 Å². The Balaban J connectivity index is 2.32. The molecule has 1 aromatic carbocycles. The van der Waals surface area contributed by atoms with Crippen molar-refractivity contribution in [3.05, 3.63) is 47.1 Å². The molecule has 0 aliphatic heterocycles. The van der Waals surface area contributed by atoms with Gasteiger partial charge in [0.25, 0.3) is 10.0 Å². The second kappa shape index (κ2) is 5.68. The lowest BCUT2D eigenvalue weighted by Gasteiger charge is -2.11. The second-order valence-corrected chi connectivity index (χ2v) is 6.31. The van der Waals surface area contributed by atoms with Gasteiger partial charge >= 0.3 is 0 Å². The first-order valence-electron chi connectivity index (χ1n) is 5.85. The van der Waals surface area contributed by atoms with Crippen molar-refractivity contribution >= 4 is 33.1 Å². The molecule has 0 radical (unpaired) electrons. The van der Waals surface area contributed by atoms with Crippen LogP contribution in [0.25, 0.3) is 0 Å². The van der Waals surface area contributed by atoms with Gasteiger partial charge in [-0.3, -0.25) is 4.72 Å². The van der Waals surface area contributed by atoms with E-state index in [-0.39, 0.29) is 4.90 Å². The second-order valence-electron chi connectivity index (χ2n) is 4.19. The Labute approximate surface area is 123 Å². The van der Waals surface area contributed by atoms with Crippen LogP contribution >= 0.6 is 11.6 Å². The monoisotopic (exact) mass is 311 g/mol. The predicted molar refractivity (Wildman–Crippen MR) is 80.8 cm³/mol. The van der Waals surface area contributed by atoms with Crippen LogP contribution in [0.4, 0.5) is 11.5 Å². The Morgan fingerprint density at radius 2 is 1.95 bits per heavy atom. The van der Waals surface area contributed by atoms with Crippen LogP contribution in [0.1, 0.15) is 5.56 Å². The van der Waals surface area contributed by atoms with Crippen LogP contribution in [0.3, 0.4) is 0 Å². The third-order valence-corrected chi connectivity index (χ3v) is 4.33. The molecule has 0 spiro atoms. The summed E-state index contributed by atoms with van der Waals surface area (Å²) in [4.78, 5) is 4.08. The summed E-state index contributed by atoms with van der Waals surface area (Å²) in [6, 6.07) is 8.12. The van der Waals surface area contributed by atoms with Gasteiger partial charge in [0.05, 0.1) is 5.69 Å². The minimum absolute atomic E-state index is 0.0934. The first-order valence-corrected chi connectivity index (χ1v) is 7.71. The molecule has 0 fully saturated rings.